The molecule has 2 heterocycles. The van der Waals surface area contributed by atoms with Crippen molar-refractivity contribution in [1.82, 2.24) is 14.9 Å². The molecule has 1 atom stereocenters. The van der Waals surface area contributed by atoms with E-state index < -0.39 is 5.97 Å². The first-order valence-corrected chi connectivity index (χ1v) is 9.31. The van der Waals surface area contributed by atoms with Gasteiger partial charge in [-0.3, -0.25) is 9.99 Å². The molecule has 1 unspecified atom stereocenters. The van der Waals surface area contributed by atoms with Gasteiger partial charge >= 0.3 is 5.97 Å². The molecule has 8 heteroatoms. The highest BCUT2D eigenvalue weighted by Gasteiger charge is 2.16. The Morgan fingerprint density at radius 3 is 2.96 bits per heavy atom. The van der Waals surface area contributed by atoms with E-state index in [1.165, 1.54) is 18.5 Å². The lowest BCUT2D eigenvalue weighted by atomic mass is 10.1. The third kappa shape index (κ3) is 7.13. The average molecular weight is 387 g/mol. The molecule has 2 rings (SSSR count). The SMILES string of the molecule is CC1/C=C\C=C/CN(CCOCCN(C)C)/N=C\1Nc1cnccc1C(=O)O. The van der Waals surface area contributed by atoms with E-state index in [-0.39, 0.29) is 11.5 Å². The van der Waals surface area contributed by atoms with Crippen LogP contribution in [0.5, 0.6) is 0 Å². The average Bonchev–Trinajstić information content (AvgIpc) is 2.73. The lowest BCUT2D eigenvalue weighted by Crippen LogP contribution is -2.30. The zero-order valence-electron chi connectivity index (χ0n) is 16.7. The molecule has 0 radical (unpaired) electrons. The molecule has 0 saturated heterocycles. The molecule has 0 bridgehead atoms. The van der Waals surface area contributed by atoms with Crippen molar-refractivity contribution in [1.29, 1.82) is 0 Å². The van der Waals surface area contributed by atoms with E-state index in [2.05, 4.69) is 15.2 Å². The standard InChI is InChI=1S/C20H29N5O3/c1-16-7-5-4-6-10-25(12-14-28-13-11-24(2)3)23-19(16)22-18-15-21-9-8-17(18)20(26)27/h4-9,15-16H,10-14H2,1-3H3,(H,22,23)(H,26,27)/b6-4-,7-5-. The van der Waals surface area contributed by atoms with Crippen LogP contribution in [0.4, 0.5) is 5.69 Å². The van der Waals surface area contributed by atoms with Crippen molar-refractivity contribution in [2.75, 3.05) is 52.3 Å². The zero-order valence-corrected chi connectivity index (χ0v) is 16.7. The van der Waals surface area contributed by atoms with E-state index in [0.29, 0.717) is 37.8 Å². The summed E-state index contributed by atoms with van der Waals surface area (Å²) < 4.78 is 5.68. The van der Waals surface area contributed by atoms with Crippen molar-refractivity contribution in [3.63, 3.8) is 0 Å². The summed E-state index contributed by atoms with van der Waals surface area (Å²) >= 11 is 0. The number of hydrogen-bond acceptors (Lipinski definition) is 7. The largest absolute Gasteiger partial charge is 0.478 e. The van der Waals surface area contributed by atoms with Crippen molar-refractivity contribution >= 4 is 17.5 Å². The molecule has 28 heavy (non-hydrogen) atoms. The van der Waals surface area contributed by atoms with Crippen LogP contribution in [-0.2, 0) is 4.74 Å². The normalized spacial score (nSPS) is 21.2. The van der Waals surface area contributed by atoms with Gasteiger partial charge in [0.1, 0.15) is 5.84 Å². The van der Waals surface area contributed by atoms with Crippen LogP contribution in [0.15, 0.2) is 47.9 Å². The summed E-state index contributed by atoms with van der Waals surface area (Å²) in [5, 5.41) is 19.2. The third-order valence-corrected chi connectivity index (χ3v) is 4.13. The highest BCUT2D eigenvalue weighted by Crippen LogP contribution is 2.16. The Hall–Kier alpha value is -2.71. The molecular formula is C20H29N5O3. The number of aromatic carboxylic acids is 1. The van der Waals surface area contributed by atoms with Gasteiger partial charge in [0.15, 0.2) is 0 Å². The number of nitrogens with zero attached hydrogens (tertiary/aromatic N) is 4. The number of hydrazone groups is 1. The van der Waals surface area contributed by atoms with Gasteiger partial charge in [0, 0.05) is 18.7 Å². The van der Waals surface area contributed by atoms with Crippen molar-refractivity contribution in [2.24, 2.45) is 11.0 Å². The Balaban J connectivity index is 2.12. The van der Waals surface area contributed by atoms with E-state index in [9.17, 15) is 9.90 Å². The number of carbonyl (C=O) groups is 1. The van der Waals surface area contributed by atoms with Gasteiger partial charge < -0.3 is 20.1 Å². The molecule has 152 valence electrons. The number of amidine groups is 1. The summed E-state index contributed by atoms with van der Waals surface area (Å²) in [4.78, 5) is 17.6. The quantitative estimate of drug-likeness (QED) is 0.661. The molecule has 0 saturated carbocycles. The number of pyridine rings is 1. The number of ether oxygens (including phenoxy) is 1. The lowest BCUT2D eigenvalue weighted by molar-refractivity contribution is 0.0698. The second-order valence-corrected chi connectivity index (χ2v) is 6.77. The first-order chi connectivity index (χ1) is 13.5. The second kappa shape index (κ2) is 11.2. The number of hydrogen-bond donors (Lipinski definition) is 2. The fraction of sp³-hybridized carbons (Fsp3) is 0.450. The monoisotopic (exact) mass is 387 g/mol. The summed E-state index contributed by atoms with van der Waals surface area (Å²) in [6.45, 7) is 5.38. The van der Waals surface area contributed by atoms with Crippen LogP contribution in [0.3, 0.4) is 0 Å². The first kappa shape index (κ1) is 21.6. The predicted molar refractivity (Wildman–Crippen MR) is 111 cm³/mol. The van der Waals surface area contributed by atoms with Gasteiger partial charge in [-0.05, 0) is 20.2 Å². The molecule has 0 aromatic carbocycles. The van der Waals surface area contributed by atoms with Gasteiger partial charge in [0.25, 0.3) is 0 Å². The van der Waals surface area contributed by atoms with Gasteiger partial charge in [-0.1, -0.05) is 31.2 Å². The van der Waals surface area contributed by atoms with E-state index in [4.69, 9.17) is 9.84 Å². The topological polar surface area (TPSA) is 90.3 Å². The Kier molecular flexibility index (Phi) is 8.64. The molecule has 1 aromatic rings. The highest BCUT2D eigenvalue weighted by atomic mass is 16.5. The van der Waals surface area contributed by atoms with Gasteiger partial charge in [0.05, 0.1) is 43.8 Å². The molecule has 1 aliphatic heterocycles. The second-order valence-electron chi connectivity index (χ2n) is 6.77. The zero-order chi connectivity index (χ0) is 20.4. The first-order valence-electron chi connectivity index (χ1n) is 9.31. The van der Waals surface area contributed by atoms with Crippen LogP contribution >= 0.6 is 0 Å². The summed E-state index contributed by atoms with van der Waals surface area (Å²) in [6, 6.07) is 1.47. The van der Waals surface area contributed by atoms with Gasteiger partial charge in [-0.2, -0.15) is 5.10 Å². The van der Waals surface area contributed by atoms with Crippen molar-refractivity contribution in [3.8, 4) is 0 Å². The fourth-order valence-electron chi connectivity index (χ4n) is 2.49. The van der Waals surface area contributed by atoms with E-state index >= 15 is 0 Å². The van der Waals surface area contributed by atoms with Crippen LogP contribution in [0.1, 0.15) is 17.3 Å². The lowest BCUT2D eigenvalue weighted by Gasteiger charge is -2.22. The number of nitrogens with one attached hydrogen (secondary N) is 1. The van der Waals surface area contributed by atoms with Crippen LogP contribution < -0.4 is 5.32 Å². The molecule has 0 fully saturated rings. The summed E-state index contributed by atoms with van der Waals surface area (Å²) in [5.41, 5.74) is 0.578. The number of carboxylic acid groups (broad SMARTS) is 1. The van der Waals surface area contributed by atoms with E-state index in [1.54, 1.807) is 0 Å². The fourth-order valence-corrected chi connectivity index (χ4v) is 2.49. The molecule has 1 aromatic heterocycles. The summed E-state index contributed by atoms with van der Waals surface area (Å²) in [6.07, 6.45) is 11.0. The number of anilines is 1. The maximum atomic E-state index is 11.5. The predicted octanol–water partition coefficient (Wildman–Crippen LogP) is 2.15. The summed E-state index contributed by atoms with van der Waals surface area (Å²) in [5.74, 6) is -0.380. The Labute approximate surface area is 166 Å². The number of rotatable bonds is 8. The minimum Gasteiger partial charge on any atom is -0.478 e. The molecule has 0 amide bonds. The molecule has 0 spiro atoms. The van der Waals surface area contributed by atoms with Crippen LogP contribution in [0.25, 0.3) is 0 Å². The van der Waals surface area contributed by atoms with Crippen LogP contribution in [-0.4, -0.2) is 78.7 Å². The number of allylic oxidation sites excluding steroid dienone is 2. The number of carboxylic acids is 1. The smallest absolute Gasteiger partial charge is 0.337 e. The molecule has 8 nitrogen and oxygen atoms in total. The van der Waals surface area contributed by atoms with Crippen molar-refractivity contribution < 1.29 is 14.6 Å². The maximum absolute atomic E-state index is 11.5. The van der Waals surface area contributed by atoms with E-state index in [1.807, 2.05) is 50.3 Å². The molecule has 2 N–H and O–H groups in total. The van der Waals surface area contributed by atoms with Crippen molar-refractivity contribution in [3.05, 3.63) is 48.3 Å². The molecule has 0 aliphatic carbocycles. The Morgan fingerprint density at radius 2 is 2.21 bits per heavy atom. The summed E-state index contributed by atoms with van der Waals surface area (Å²) in [7, 11) is 4.02. The van der Waals surface area contributed by atoms with E-state index in [0.717, 1.165) is 6.54 Å². The van der Waals surface area contributed by atoms with Crippen molar-refractivity contribution in [2.45, 2.75) is 6.92 Å². The minimum atomic E-state index is -1.01. The number of likely N-dealkylation sites (N-methyl/N-ethyl adjacent to an activating group) is 1. The molecular weight excluding hydrogens is 358 g/mol. The maximum Gasteiger partial charge on any atom is 0.337 e. The minimum absolute atomic E-state index is 0.0261. The molecule has 1 aliphatic rings. The Bertz CT molecular complexity index is 730. The number of aromatic nitrogens is 1. The van der Waals surface area contributed by atoms with Gasteiger partial charge in [-0.15, -0.1) is 0 Å². The van der Waals surface area contributed by atoms with Crippen LogP contribution in [0, 0.1) is 5.92 Å². The highest BCUT2D eigenvalue weighted by molar-refractivity contribution is 6.03. The van der Waals surface area contributed by atoms with Gasteiger partial charge in [-0.25, -0.2) is 4.79 Å². The Morgan fingerprint density at radius 1 is 1.39 bits per heavy atom. The van der Waals surface area contributed by atoms with Crippen LogP contribution in [0.2, 0.25) is 0 Å². The third-order valence-electron chi connectivity index (χ3n) is 4.13. The van der Waals surface area contributed by atoms with Gasteiger partial charge in [0.2, 0.25) is 0 Å².